The molecule has 1 amide bonds. The Bertz CT molecular complexity index is 885. The van der Waals surface area contributed by atoms with Crippen molar-refractivity contribution in [3.05, 3.63) is 59.2 Å². The number of fused-ring (bicyclic) bond motifs is 1. The van der Waals surface area contributed by atoms with Crippen LogP contribution in [0.25, 0.3) is 0 Å². The maximum Gasteiger partial charge on any atom is 0.252 e. The monoisotopic (exact) mass is 410 g/mol. The first-order valence-electron chi connectivity index (χ1n) is 10.6. The van der Waals surface area contributed by atoms with Crippen molar-refractivity contribution in [1.29, 1.82) is 0 Å². The highest BCUT2D eigenvalue weighted by molar-refractivity contribution is 5.98. The Morgan fingerprint density at radius 1 is 1.07 bits per heavy atom. The fraction of sp³-hybridized carbons (Fsp3) is 0.458. The Balaban J connectivity index is 1.46. The largest absolute Gasteiger partial charge is 0.493 e. The summed E-state index contributed by atoms with van der Waals surface area (Å²) in [4.78, 5) is 11.9. The Morgan fingerprint density at radius 3 is 2.80 bits per heavy atom. The van der Waals surface area contributed by atoms with Crippen LogP contribution in [0.2, 0.25) is 0 Å². The molecular formula is C24H30N2O4. The topological polar surface area (TPSA) is 68.8 Å². The Hall–Kier alpha value is -2.57. The van der Waals surface area contributed by atoms with Crippen molar-refractivity contribution in [2.24, 2.45) is 5.92 Å². The number of ether oxygens (including phenoxy) is 3. The zero-order chi connectivity index (χ0) is 20.9. The molecule has 2 aliphatic rings. The standard InChI is InChI=1S/C24H30N2O4/c1-16-23(15-30-20-7-6-18-14-26-24(27)22(18)13-20)21(8-9-25-16)17-4-3-5-19(12-17)29-11-10-28-2/h3-7,12-13,16,21,23,25H,8-11,14-15H2,1-2H3,(H,26,27). The lowest BCUT2D eigenvalue weighted by molar-refractivity contribution is 0.0965. The summed E-state index contributed by atoms with van der Waals surface area (Å²) in [5, 5.41) is 6.43. The molecule has 2 heterocycles. The molecule has 6 heteroatoms. The average molecular weight is 411 g/mol. The van der Waals surface area contributed by atoms with Crippen molar-refractivity contribution in [3.8, 4) is 11.5 Å². The molecule has 2 N–H and O–H groups in total. The van der Waals surface area contributed by atoms with Crippen LogP contribution >= 0.6 is 0 Å². The first-order chi connectivity index (χ1) is 14.7. The van der Waals surface area contributed by atoms with Gasteiger partial charge in [-0.3, -0.25) is 4.79 Å². The van der Waals surface area contributed by atoms with Crippen LogP contribution in [0.3, 0.4) is 0 Å². The normalized spacial score (nSPS) is 23.0. The molecule has 4 rings (SSSR count). The van der Waals surface area contributed by atoms with Gasteiger partial charge in [-0.1, -0.05) is 18.2 Å². The van der Waals surface area contributed by atoms with Gasteiger partial charge >= 0.3 is 0 Å². The minimum absolute atomic E-state index is 0.0219. The lowest BCUT2D eigenvalue weighted by Gasteiger charge is -2.37. The van der Waals surface area contributed by atoms with Gasteiger partial charge in [0.15, 0.2) is 0 Å². The Morgan fingerprint density at radius 2 is 1.93 bits per heavy atom. The molecule has 0 saturated carbocycles. The van der Waals surface area contributed by atoms with E-state index in [4.69, 9.17) is 14.2 Å². The summed E-state index contributed by atoms with van der Waals surface area (Å²) in [6.45, 7) is 5.51. The SMILES string of the molecule is COCCOc1cccc(C2CCNC(C)C2COc2ccc3c(c2)C(=O)NC3)c1. The van der Waals surface area contributed by atoms with Gasteiger partial charge in [-0.15, -0.1) is 0 Å². The lowest BCUT2D eigenvalue weighted by Crippen LogP contribution is -2.45. The zero-order valence-corrected chi connectivity index (χ0v) is 17.6. The van der Waals surface area contributed by atoms with Crippen LogP contribution in [0, 0.1) is 5.92 Å². The van der Waals surface area contributed by atoms with Gasteiger partial charge in [0.2, 0.25) is 0 Å². The summed E-state index contributed by atoms with van der Waals surface area (Å²) in [6, 6.07) is 14.5. The fourth-order valence-corrected chi connectivity index (χ4v) is 4.41. The van der Waals surface area contributed by atoms with Crippen LogP contribution in [0.15, 0.2) is 42.5 Å². The molecule has 0 spiro atoms. The van der Waals surface area contributed by atoms with E-state index in [1.807, 2.05) is 24.3 Å². The molecule has 1 saturated heterocycles. The van der Waals surface area contributed by atoms with Crippen molar-refractivity contribution in [3.63, 3.8) is 0 Å². The van der Waals surface area contributed by atoms with E-state index in [9.17, 15) is 4.79 Å². The molecule has 2 aromatic carbocycles. The number of hydrogen-bond acceptors (Lipinski definition) is 5. The third-order valence-electron chi connectivity index (χ3n) is 6.13. The van der Waals surface area contributed by atoms with E-state index in [-0.39, 0.29) is 5.91 Å². The van der Waals surface area contributed by atoms with Gasteiger partial charge in [0.1, 0.15) is 18.1 Å². The Labute approximate surface area is 177 Å². The molecular weight excluding hydrogens is 380 g/mol. The second-order valence-corrected chi connectivity index (χ2v) is 8.03. The van der Waals surface area contributed by atoms with E-state index in [0.717, 1.165) is 35.6 Å². The smallest absolute Gasteiger partial charge is 0.252 e. The number of benzene rings is 2. The molecule has 30 heavy (non-hydrogen) atoms. The third kappa shape index (κ3) is 4.60. The first-order valence-corrected chi connectivity index (χ1v) is 10.6. The molecule has 0 radical (unpaired) electrons. The van der Waals surface area contributed by atoms with Gasteiger partial charge in [0.25, 0.3) is 5.91 Å². The van der Waals surface area contributed by atoms with E-state index < -0.39 is 0 Å². The summed E-state index contributed by atoms with van der Waals surface area (Å²) in [5.41, 5.74) is 3.03. The molecule has 2 aliphatic heterocycles. The molecule has 0 bridgehead atoms. The quantitative estimate of drug-likeness (QED) is 0.655. The summed E-state index contributed by atoms with van der Waals surface area (Å²) in [5.74, 6) is 2.30. The van der Waals surface area contributed by atoms with Crippen LogP contribution in [-0.4, -0.2) is 45.4 Å². The van der Waals surface area contributed by atoms with E-state index in [0.29, 0.717) is 44.2 Å². The van der Waals surface area contributed by atoms with E-state index in [1.165, 1.54) is 5.56 Å². The highest BCUT2D eigenvalue weighted by Crippen LogP contribution is 2.35. The van der Waals surface area contributed by atoms with Crippen molar-refractivity contribution in [1.82, 2.24) is 10.6 Å². The number of rotatable bonds is 8. The molecule has 3 atom stereocenters. The average Bonchev–Trinajstić information content (AvgIpc) is 3.13. The minimum atomic E-state index is -0.0219. The Kier molecular flexibility index (Phi) is 6.55. The number of methoxy groups -OCH3 is 1. The van der Waals surface area contributed by atoms with Crippen LogP contribution in [0.4, 0.5) is 0 Å². The number of hydrogen-bond donors (Lipinski definition) is 2. The van der Waals surface area contributed by atoms with Crippen LogP contribution in [-0.2, 0) is 11.3 Å². The van der Waals surface area contributed by atoms with Crippen LogP contribution in [0.1, 0.15) is 40.7 Å². The first kappa shape index (κ1) is 20.7. The maximum atomic E-state index is 11.9. The highest BCUT2D eigenvalue weighted by Gasteiger charge is 2.32. The van der Waals surface area contributed by atoms with Gasteiger partial charge in [-0.2, -0.15) is 0 Å². The van der Waals surface area contributed by atoms with Crippen molar-refractivity contribution < 1.29 is 19.0 Å². The van der Waals surface area contributed by atoms with Crippen molar-refractivity contribution in [2.75, 3.05) is 33.5 Å². The minimum Gasteiger partial charge on any atom is -0.493 e. The molecule has 6 nitrogen and oxygen atoms in total. The van der Waals surface area contributed by atoms with Crippen molar-refractivity contribution in [2.45, 2.75) is 31.8 Å². The van der Waals surface area contributed by atoms with Crippen LogP contribution in [0.5, 0.6) is 11.5 Å². The summed E-state index contributed by atoms with van der Waals surface area (Å²) in [7, 11) is 1.67. The summed E-state index contributed by atoms with van der Waals surface area (Å²) >= 11 is 0. The maximum absolute atomic E-state index is 11.9. The van der Waals surface area contributed by atoms with Gasteiger partial charge in [0.05, 0.1) is 13.2 Å². The van der Waals surface area contributed by atoms with Crippen LogP contribution < -0.4 is 20.1 Å². The molecule has 0 aromatic heterocycles. The molecule has 160 valence electrons. The molecule has 2 aromatic rings. The summed E-state index contributed by atoms with van der Waals surface area (Å²) in [6.07, 6.45) is 1.05. The van der Waals surface area contributed by atoms with Gasteiger partial charge in [-0.25, -0.2) is 0 Å². The summed E-state index contributed by atoms with van der Waals surface area (Å²) < 4.78 is 17.1. The predicted molar refractivity (Wildman–Crippen MR) is 115 cm³/mol. The van der Waals surface area contributed by atoms with Crippen molar-refractivity contribution >= 4 is 5.91 Å². The lowest BCUT2D eigenvalue weighted by atomic mass is 9.77. The second-order valence-electron chi connectivity index (χ2n) is 8.03. The molecule has 0 aliphatic carbocycles. The number of carbonyl (C=O) groups is 1. The number of amides is 1. The predicted octanol–water partition coefficient (Wildman–Crippen LogP) is 3.12. The second kappa shape index (κ2) is 9.49. The number of piperidine rings is 1. The zero-order valence-electron chi connectivity index (χ0n) is 17.6. The third-order valence-corrected chi connectivity index (χ3v) is 6.13. The van der Waals surface area contributed by atoms with Gasteiger partial charge in [0, 0.05) is 31.2 Å². The molecule has 1 fully saturated rings. The van der Waals surface area contributed by atoms with E-state index >= 15 is 0 Å². The van der Waals surface area contributed by atoms with E-state index in [1.54, 1.807) is 7.11 Å². The number of carbonyl (C=O) groups excluding carboxylic acids is 1. The highest BCUT2D eigenvalue weighted by atomic mass is 16.5. The van der Waals surface area contributed by atoms with Gasteiger partial charge < -0.3 is 24.8 Å². The molecule has 3 unspecified atom stereocenters. The van der Waals surface area contributed by atoms with Gasteiger partial charge in [-0.05, 0) is 61.2 Å². The number of nitrogens with one attached hydrogen (secondary N) is 2. The van der Waals surface area contributed by atoms with E-state index in [2.05, 4.69) is 35.8 Å². The fourth-order valence-electron chi connectivity index (χ4n) is 4.41.